The van der Waals surface area contributed by atoms with E-state index in [2.05, 4.69) is 52.5 Å². The maximum Gasteiger partial charge on any atom is 0.143 e. The number of hydrogen-bond acceptors (Lipinski definition) is 5. The average Bonchev–Trinajstić information content (AvgIpc) is 3.18. The Morgan fingerprint density at radius 3 is 2.86 bits per heavy atom. The van der Waals surface area contributed by atoms with Gasteiger partial charge in [-0.05, 0) is 60.9 Å². The number of tetrazole rings is 1. The molecule has 6 nitrogen and oxygen atoms in total. The van der Waals surface area contributed by atoms with Crippen LogP contribution >= 0.6 is 0 Å². The Kier molecular flexibility index (Phi) is 3.98. The van der Waals surface area contributed by atoms with E-state index in [1.165, 1.54) is 12.0 Å². The number of benzene rings is 1. The molecule has 3 rings (SSSR count). The van der Waals surface area contributed by atoms with Crippen LogP contribution in [0.2, 0.25) is 0 Å². The molecule has 0 spiro atoms. The second kappa shape index (κ2) is 5.91. The third-order valence-corrected chi connectivity index (χ3v) is 4.51. The summed E-state index contributed by atoms with van der Waals surface area (Å²) in [6.07, 6.45) is 2.81. The van der Waals surface area contributed by atoms with Gasteiger partial charge < -0.3 is 5.73 Å². The van der Waals surface area contributed by atoms with E-state index >= 15 is 0 Å². The van der Waals surface area contributed by atoms with E-state index in [9.17, 15) is 0 Å². The third kappa shape index (κ3) is 2.96. The monoisotopic (exact) mass is 286 g/mol. The normalized spacial score (nSPS) is 22.3. The summed E-state index contributed by atoms with van der Waals surface area (Å²) in [4.78, 5) is 2.51. The molecule has 1 aliphatic rings. The van der Waals surface area contributed by atoms with E-state index in [1.807, 2.05) is 6.07 Å². The van der Waals surface area contributed by atoms with E-state index in [-0.39, 0.29) is 6.04 Å². The van der Waals surface area contributed by atoms with Crippen molar-refractivity contribution in [2.24, 2.45) is 11.7 Å². The van der Waals surface area contributed by atoms with Crippen LogP contribution in [-0.2, 0) is 0 Å². The fourth-order valence-electron chi connectivity index (χ4n) is 3.01. The van der Waals surface area contributed by atoms with Crippen LogP contribution in [0.3, 0.4) is 0 Å². The zero-order chi connectivity index (χ0) is 14.8. The highest BCUT2D eigenvalue weighted by atomic mass is 15.5. The molecule has 3 unspecified atom stereocenters. The molecule has 1 aromatic heterocycles. The Labute approximate surface area is 124 Å². The molecule has 2 aromatic rings. The van der Waals surface area contributed by atoms with Gasteiger partial charge in [0.2, 0.25) is 0 Å². The molecule has 1 aromatic carbocycles. The largest absolute Gasteiger partial charge is 0.328 e. The van der Waals surface area contributed by atoms with Crippen molar-refractivity contribution in [2.45, 2.75) is 32.4 Å². The number of hydrogen-bond donors (Lipinski definition) is 1. The van der Waals surface area contributed by atoms with E-state index in [0.29, 0.717) is 12.0 Å². The van der Waals surface area contributed by atoms with Gasteiger partial charge in [-0.15, -0.1) is 5.10 Å². The van der Waals surface area contributed by atoms with Gasteiger partial charge in [0, 0.05) is 18.6 Å². The van der Waals surface area contributed by atoms with Crippen molar-refractivity contribution in [1.29, 1.82) is 0 Å². The third-order valence-electron chi connectivity index (χ3n) is 4.51. The number of rotatable bonds is 4. The second-order valence-corrected chi connectivity index (χ2v) is 5.93. The average molecular weight is 286 g/mol. The fourth-order valence-corrected chi connectivity index (χ4v) is 3.01. The molecule has 1 fully saturated rings. The summed E-state index contributed by atoms with van der Waals surface area (Å²) >= 11 is 0. The summed E-state index contributed by atoms with van der Waals surface area (Å²) in [5, 5.41) is 11.3. The minimum atomic E-state index is 0.273. The van der Waals surface area contributed by atoms with Gasteiger partial charge in [0.15, 0.2) is 0 Å². The Balaban J connectivity index is 1.76. The van der Waals surface area contributed by atoms with Gasteiger partial charge in [0.1, 0.15) is 6.33 Å². The molecular weight excluding hydrogens is 264 g/mol. The van der Waals surface area contributed by atoms with Crippen LogP contribution in [0, 0.1) is 5.92 Å². The molecule has 21 heavy (non-hydrogen) atoms. The number of likely N-dealkylation sites (tertiary alicyclic amines) is 1. The molecule has 0 aliphatic carbocycles. The Hall–Kier alpha value is -1.79. The predicted octanol–water partition coefficient (Wildman–Crippen LogP) is 1.39. The fraction of sp³-hybridized carbons (Fsp3) is 0.533. The Morgan fingerprint density at radius 1 is 1.33 bits per heavy atom. The molecule has 0 bridgehead atoms. The Morgan fingerprint density at radius 2 is 2.19 bits per heavy atom. The van der Waals surface area contributed by atoms with Gasteiger partial charge in [-0.1, -0.05) is 12.1 Å². The molecule has 0 radical (unpaired) electrons. The van der Waals surface area contributed by atoms with Crippen molar-refractivity contribution >= 4 is 0 Å². The van der Waals surface area contributed by atoms with Crippen LogP contribution in [0.1, 0.15) is 31.9 Å². The van der Waals surface area contributed by atoms with Crippen LogP contribution in [0.5, 0.6) is 0 Å². The first-order valence-corrected chi connectivity index (χ1v) is 7.48. The van der Waals surface area contributed by atoms with E-state index in [0.717, 1.165) is 18.8 Å². The summed E-state index contributed by atoms with van der Waals surface area (Å²) < 4.78 is 1.69. The standard InChI is InChI=1S/C15H22N6/c1-11(16)14-6-7-20(9-14)12(2)13-4-3-5-15(8-13)21-10-17-18-19-21/h3-5,8,10-12,14H,6-7,9,16H2,1-2H3. The first-order chi connectivity index (χ1) is 10.1. The van der Waals surface area contributed by atoms with Crippen LogP contribution in [-0.4, -0.2) is 44.2 Å². The summed E-state index contributed by atoms with van der Waals surface area (Å²) in [6, 6.07) is 9.04. The van der Waals surface area contributed by atoms with Crippen LogP contribution in [0.15, 0.2) is 30.6 Å². The van der Waals surface area contributed by atoms with E-state index in [1.54, 1.807) is 11.0 Å². The molecule has 2 N–H and O–H groups in total. The molecule has 112 valence electrons. The minimum Gasteiger partial charge on any atom is -0.328 e. The SMILES string of the molecule is CC(N)C1CCN(C(C)c2cccc(-n3cnnn3)c2)C1. The molecule has 1 aliphatic heterocycles. The molecule has 6 heteroatoms. The molecule has 2 heterocycles. The van der Waals surface area contributed by atoms with Gasteiger partial charge in [0.25, 0.3) is 0 Å². The number of nitrogens with zero attached hydrogens (tertiary/aromatic N) is 5. The summed E-state index contributed by atoms with van der Waals surface area (Å²) in [7, 11) is 0. The lowest BCUT2D eigenvalue weighted by molar-refractivity contribution is 0.248. The highest BCUT2D eigenvalue weighted by Crippen LogP contribution is 2.29. The topological polar surface area (TPSA) is 72.9 Å². The van der Waals surface area contributed by atoms with Gasteiger partial charge in [0.05, 0.1) is 5.69 Å². The maximum absolute atomic E-state index is 6.03. The van der Waals surface area contributed by atoms with Crippen molar-refractivity contribution in [3.8, 4) is 5.69 Å². The highest BCUT2D eigenvalue weighted by Gasteiger charge is 2.28. The first-order valence-electron chi connectivity index (χ1n) is 7.48. The first kappa shape index (κ1) is 14.2. The van der Waals surface area contributed by atoms with Crippen molar-refractivity contribution in [2.75, 3.05) is 13.1 Å². The van der Waals surface area contributed by atoms with Gasteiger partial charge in [-0.2, -0.15) is 0 Å². The minimum absolute atomic E-state index is 0.273. The molecular formula is C15H22N6. The lowest BCUT2D eigenvalue weighted by Gasteiger charge is -2.25. The summed E-state index contributed by atoms with van der Waals surface area (Å²) in [6.45, 7) is 6.55. The predicted molar refractivity (Wildman–Crippen MR) is 80.9 cm³/mol. The zero-order valence-corrected chi connectivity index (χ0v) is 12.6. The van der Waals surface area contributed by atoms with Crippen molar-refractivity contribution in [3.63, 3.8) is 0 Å². The van der Waals surface area contributed by atoms with Crippen LogP contribution < -0.4 is 5.73 Å². The molecule has 0 amide bonds. The molecule has 1 saturated heterocycles. The van der Waals surface area contributed by atoms with Crippen molar-refractivity contribution in [3.05, 3.63) is 36.2 Å². The van der Waals surface area contributed by atoms with E-state index in [4.69, 9.17) is 5.73 Å². The zero-order valence-electron chi connectivity index (χ0n) is 12.6. The van der Waals surface area contributed by atoms with Crippen LogP contribution in [0.25, 0.3) is 5.69 Å². The quantitative estimate of drug-likeness (QED) is 0.919. The number of nitrogens with two attached hydrogens (primary N) is 1. The lowest BCUT2D eigenvalue weighted by atomic mass is 10.0. The van der Waals surface area contributed by atoms with E-state index < -0.39 is 0 Å². The van der Waals surface area contributed by atoms with Crippen molar-refractivity contribution in [1.82, 2.24) is 25.1 Å². The number of aromatic nitrogens is 4. The van der Waals surface area contributed by atoms with Gasteiger partial charge in [-0.25, -0.2) is 4.68 Å². The molecule has 0 saturated carbocycles. The maximum atomic E-state index is 6.03. The summed E-state index contributed by atoms with van der Waals surface area (Å²) in [5.41, 5.74) is 8.31. The van der Waals surface area contributed by atoms with Gasteiger partial charge >= 0.3 is 0 Å². The van der Waals surface area contributed by atoms with Crippen LogP contribution in [0.4, 0.5) is 0 Å². The Bertz CT molecular complexity index is 580. The highest BCUT2D eigenvalue weighted by molar-refractivity contribution is 5.35. The van der Waals surface area contributed by atoms with Crippen molar-refractivity contribution < 1.29 is 0 Å². The second-order valence-electron chi connectivity index (χ2n) is 5.93. The smallest absolute Gasteiger partial charge is 0.143 e. The lowest BCUT2D eigenvalue weighted by Crippen LogP contribution is -2.31. The van der Waals surface area contributed by atoms with Gasteiger partial charge in [-0.3, -0.25) is 4.90 Å². The summed E-state index contributed by atoms with van der Waals surface area (Å²) in [5.74, 6) is 0.607. The molecule has 3 atom stereocenters.